The van der Waals surface area contributed by atoms with Crippen molar-refractivity contribution >= 4 is 35.1 Å². The molecule has 0 amide bonds. The Balaban J connectivity index is 0. The van der Waals surface area contributed by atoms with Crippen LogP contribution in [0.25, 0.3) is 0 Å². The summed E-state index contributed by atoms with van der Waals surface area (Å²) in [7, 11) is 0. The van der Waals surface area contributed by atoms with E-state index in [9.17, 15) is 9.59 Å². The van der Waals surface area contributed by atoms with Crippen LogP contribution >= 0.6 is 23.2 Å². The van der Waals surface area contributed by atoms with Crippen LogP contribution in [0.5, 0.6) is 0 Å². The van der Waals surface area contributed by atoms with E-state index >= 15 is 0 Å². The summed E-state index contributed by atoms with van der Waals surface area (Å²) in [5.41, 5.74) is 0. The maximum Gasteiger partial charge on any atom is 0.311 e. The highest BCUT2D eigenvalue weighted by Gasteiger charge is 2.21. The van der Waals surface area contributed by atoms with Gasteiger partial charge in [-0.3, -0.25) is 9.59 Å². The standard InChI is InChI=1S/C7H12O5.CH2Cl2/c1-2-12-7(11)5(4-8)3-6(9)10;2-1-3/h5,8H,2-4H2,1H3,(H,9,10);1H2. The molecule has 0 aromatic heterocycles. The minimum atomic E-state index is -1.12. The summed E-state index contributed by atoms with van der Waals surface area (Å²) in [5, 5.41) is 17.1. The number of ether oxygens (including phenoxy) is 1. The van der Waals surface area contributed by atoms with Crippen LogP contribution < -0.4 is 0 Å². The highest BCUT2D eigenvalue weighted by molar-refractivity contribution is 6.40. The first-order valence-corrected chi connectivity index (χ1v) is 5.21. The van der Waals surface area contributed by atoms with E-state index in [4.69, 9.17) is 33.4 Å². The van der Waals surface area contributed by atoms with Crippen molar-refractivity contribution < 1.29 is 24.5 Å². The topological polar surface area (TPSA) is 83.8 Å². The highest BCUT2D eigenvalue weighted by Crippen LogP contribution is 2.04. The lowest BCUT2D eigenvalue weighted by atomic mass is 10.1. The molecule has 0 saturated carbocycles. The molecule has 0 radical (unpaired) electrons. The lowest BCUT2D eigenvalue weighted by Gasteiger charge is -2.09. The normalized spacial score (nSPS) is 10.9. The van der Waals surface area contributed by atoms with Crippen LogP contribution in [0.15, 0.2) is 0 Å². The fourth-order valence-electron chi connectivity index (χ4n) is 0.693. The van der Waals surface area contributed by atoms with Gasteiger partial charge in [0, 0.05) is 0 Å². The second-order valence-electron chi connectivity index (χ2n) is 2.33. The smallest absolute Gasteiger partial charge is 0.311 e. The second-order valence-corrected chi connectivity index (χ2v) is 3.14. The van der Waals surface area contributed by atoms with Crippen LogP contribution in [0.3, 0.4) is 0 Å². The molecule has 7 heteroatoms. The Morgan fingerprint density at radius 3 is 2.13 bits per heavy atom. The zero-order chi connectivity index (χ0) is 12.3. The number of aliphatic hydroxyl groups is 1. The van der Waals surface area contributed by atoms with Gasteiger partial charge in [-0.15, -0.1) is 23.2 Å². The number of aliphatic hydroxyl groups excluding tert-OH is 1. The maximum atomic E-state index is 10.9. The van der Waals surface area contributed by atoms with Gasteiger partial charge >= 0.3 is 11.9 Å². The van der Waals surface area contributed by atoms with Crippen LogP contribution in [0.2, 0.25) is 0 Å². The first-order valence-electron chi connectivity index (χ1n) is 4.14. The SMILES string of the molecule is CCOC(=O)C(CO)CC(=O)O.ClCCl. The number of carboxylic acids is 1. The number of carboxylic acid groups (broad SMARTS) is 1. The van der Waals surface area contributed by atoms with Gasteiger partial charge in [-0.05, 0) is 6.92 Å². The van der Waals surface area contributed by atoms with E-state index in [2.05, 4.69) is 4.74 Å². The molecule has 0 aliphatic carbocycles. The fourth-order valence-corrected chi connectivity index (χ4v) is 0.693. The lowest BCUT2D eigenvalue weighted by molar-refractivity contribution is -0.154. The number of rotatable bonds is 5. The third kappa shape index (κ3) is 11.4. The lowest BCUT2D eigenvalue weighted by Crippen LogP contribution is -2.24. The molecule has 1 atom stereocenters. The van der Waals surface area contributed by atoms with Gasteiger partial charge in [-0.1, -0.05) is 0 Å². The first-order chi connectivity index (χ1) is 7.03. The van der Waals surface area contributed by atoms with Crippen molar-refractivity contribution in [3.05, 3.63) is 0 Å². The summed E-state index contributed by atoms with van der Waals surface area (Å²) < 4.78 is 4.53. The molecule has 0 fully saturated rings. The number of carbonyl (C=O) groups is 2. The van der Waals surface area contributed by atoms with Gasteiger partial charge in [0.25, 0.3) is 0 Å². The van der Waals surface area contributed by atoms with Gasteiger partial charge in [0.1, 0.15) is 0 Å². The van der Waals surface area contributed by atoms with Gasteiger partial charge in [0.15, 0.2) is 0 Å². The van der Waals surface area contributed by atoms with E-state index in [1.165, 1.54) is 0 Å². The molecule has 1 unspecified atom stereocenters. The average molecular weight is 261 g/mol. The highest BCUT2D eigenvalue weighted by atomic mass is 35.5. The van der Waals surface area contributed by atoms with Crippen molar-refractivity contribution in [2.24, 2.45) is 5.92 Å². The summed E-state index contributed by atoms with van der Waals surface area (Å²) in [6.45, 7) is 1.31. The van der Waals surface area contributed by atoms with Crippen molar-refractivity contribution in [1.29, 1.82) is 0 Å². The van der Waals surface area contributed by atoms with Crippen molar-refractivity contribution in [3.8, 4) is 0 Å². The fraction of sp³-hybridized carbons (Fsp3) is 0.750. The van der Waals surface area contributed by atoms with E-state index in [0.717, 1.165) is 0 Å². The molecule has 15 heavy (non-hydrogen) atoms. The Kier molecular flexibility index (Phi) is 13.0. The van der Waals surface area contributed by atoms with Gasteiger partial charge in [0.05, 0.1) is 30.9 Å². The van der Waals surface area contributed by atoms with E-state index in [0.29, 0.717) is 0 Å². The van der Waals surface area contributed by atoms with Gasteiger partial charge in [-0.25, -0.2) is 0 Å². The quantitative estimate of drug-likeness (QED) is 0.571. The van der Waals surface area contributed by atoms with Crippen LogP contribution in [0.1, 0.15) is 13.3 Å². The third-order valence-electron chi connectivity index (χ3n) is 1.26. The van der Waals surface area contributed by atoms with Gasteiger partial charge in [0.2, 0.25) is 0 Å². The summed E-state index contributed by atoms with van der Waals surface area (Å²) in [6.07, 6.45) is -0.394. The number of alkyl halides is 2. The van der Waals surface area contributed by atoms with Gasteiger partial charge in [-0.2, -0.15) is 0 Å². The summed E-state index contributed by atoms with van der Waals surface area (Å²) >= 11 is 9.53. The molecule has 0 spiro atoms. The molecular weight excluding hydrogens is 247 g/mol. The second kappa shape index (κ2) is 11.6. The van der Waals surface area contributed by atoms with Crippen LogP contribution in [0, 0.1) is 5.92 Å². The number of halogens is 2. The first kappa shape index (κ1) is 16.9. The minimum Gasteiger partial charge on any atom is -0.481 e. The van der Waals surface area contributed by atoms with Crippen LogP contribution in [-0.4, -0.2) is 40.7 Å². The van der Waals surface area contributed by atoms with Gasteiger partial charge < -0.3 is 14.9 Å². The number of hydrogen-bond donors (Lipinski definition) is 2. The molecule has 0 saturated heterocycles. The monoisotopic (exact) mass is 260 g/mol. The zero-order valence-corrected chi connectivity index (χ0v) is 9.79. The average Bonchev–Trinajstić information content (AvgIpc) is 2.15. The molecule has 5 nitrogen and oxygen atoms in total. The number of hydrogen-bond acceptors (Lipinski definition) is 4. The predicted octanol–water partition coefficient (Wildman–Crippen LogP) is 1.05. The molecule has 0 aliphatic rings. The molecule has 0 aliphatic heterocycles. The van der Waals surface area contributed by atoms with Crippen molar-refractivity contribution in [1.82, 2.24) is 0 Å². The number of carbonyl (C=O) groups excluding carboxylic acids is 1. The van der Waals surface area contributed by atoms with Crippen molar-refractivity contribution in [3.63, 3.8) is 0 Å². The predicted molar refractivity (Wildman–Crippen MR) is 56.0 cm³/mol. The molecular formula is C8H14Cl2O5. The molecule has 0 aromatic carbocycles. The van der Waals surface area contributed by atoms with Crippen molar-refractivity contribution in [2.45, 2.75) is 13.3 Å². The van der Waals surface area contributed by atoms with E-state index in [1.54, 1.807) is 6.92 Å². The number of esters is 1. The van der Waals surface area contributed by atoms with Crippen molar-refractivity contribution in [2.75, 3.05) is 18.6 Å². The molecule has 90 valence electrons. The number of aliphatic carboxylic acids is 1. The molecule has 0 aromatic rings. The Bertz CT molecular complexity index is 186. The molecule has 0 rings (SSSR count). The van der Waals surface area contributed by atoms with Crippen LogP contribution in [0.4, 0.5) is 0 Å². The Morgan fingerprint density at radius 1 is 1.40 bits per heavy atom. The van der Waals surface area contributed by atoms with E-state index < -0.39 is 30.9 Å². The Morgan fingerprint density at radius 2 is 1.87 bits per heavy atom. The largest absolute Gasteiger partial charge is 0.481 e. The molecule has 0 heterocycles. The summed E-state index contributed by atoms with van der Waals surface area (Å²) in [4.78, 5) is 21.0. The maximum absolute atomic E-state index is 10.9. The van der Waals surface area contributed by atoms with Crippen LogP contribution in [-0.2, 0) is 14.3 Å². The molecule has 2 N–H and O–H groups in total. The molecule has 0 bridgehead atoms. The zero-order valence-electron chi connectivity index (χ0n) is 8.28. The van der Waals surface area contributed by atoms with E-state index in [1.807, 2.05) is 0 Å². The summed E-state index contributed by atoms with van der Waals surface area (Å²) in [5.74, 6) is -2.73. The minimum absolute atomic E-state index is 0.189. The third-order valence-corrected chi connectivity index (χ3v) is 1.26. The van der Waals surface area contributed by atoms with E-state index in [-0.39, 0.29) is 11.9 Å². The Labute approximate surface area is 97.9 Å². The Hall–Kier alpha value is -0.520. The summed E-state index contributed by atoms with van der Waals surface area (Å²) in [6, 6.07) is 0.